The Morgan fingerprint density at radius 1 is 0.740 bits per heavy atom. The second-order valence-electron chi connectivity index (χ2n) is 22.0. The zero-order valence-corrected chi connectivity index (χ0v) is 45.3. The molecule has 0 bridgehead atoms. The minimum atomic E-state index is -3.08. The normalized spacial score (nSPS) is 26.2. The van der Waals surface area contributed by atoms with Gasteiger partial charge in [-0.2, -0.15) is 10.5 Å². The molecule has 2 aliphatic heterocycles. The van der Waals surface area contributed by atoms with Gasteiger partial charge in [-0.3, -0.25) is 9.59 Å². The van der Waals surface area contributed by atoms with E-state index in [0.29, 0.717) is 81.1 Å². The van der Waals surface area contributed by atoms with Gasteiger partial charge in [0.1, 0.15) is 28.4 Å². The molecule has 2 aromatic carbocycles. The summed E-state index contributed by atoms with van der Waals surface area (Å²) < 4.78 is 64.1. The van der Waals surface area contributed by atoms with E-state index < -0.39 is 66.2 Å². The lowest BCUT2D eigenvalue weighted by Crippen LogP contribution is -2.46. The van der Waals surface area contributed by atoms with Crippen LogP contribution < -0.4 is 20.4 Å². The second-order valence-corrected chi connectivity index (χ2v) is 28.6. The predicted octanol–water partition coefficient (Wildman–Crippen LogP) is 7.53. The Labute approximate surface area is 436 Å². The first-order valence-electron chi connectivity index (χ1n) is 25.4. The van der Waals surface area contributed by atoms with Gasteiger partial charge in [-0.15, -0.1) is 22.7 Å². The van der Waals surface area contributed by atoms with Crippen molar-refractivity contribution >= 4 is 65.5 Å². The zero-order valence-electron chi connectivity index (χ0n) is 42.1. The SMILES string of the molecule is C[C@@H](C#N)NC(=O)[C@@H]1C[C@@H](F)CC[C@H]1c1nc(C(C)(C)C2CC[C@@H](c3nc(C(C)(C)O)sc3-c3ccc(N4CCS(=O)(=O)CC4)cc3)[C@H](C(=O)NC3(C#N)CC3)C2)sc1-c1ccc(N2CCS(=O)(=O)CC2)cc1. The van der Waals surface area contributed by atoms with Crippen molar-refractivity contribution in [3.63, 3.8) is 0 Å². The van der Waals surface area contributed by atoms with Crippen LogP contribution in [-0.2, 0) is 40.3 Å². The maximum Gasteiger partial charge on any atom is 0.225 e. The van der Waals surface area contributed by atoms with E-state index >= 15 is 4.39 Å². The molecule has 3 aliphatic carbocycles. The van der Waals surface area contributed by atoms with E-state index in [-0.39, 0.29) is 59.5 Å². The van der Waals surface area contributed by atoms with E-state index in [9.17, 15) is 42.1 Å². The van der Waals surface area contributed by atoms with Crippen LogP contribution in [0.3, 0.4) is 0 Å². The van der Waals surface area contributed by atoms with Crippen LogP contribution in [0, 0.1) is 40.4 Å². The Kier molecular flexibility index (Phi) is 14.7. The lowest BCUT2D eigenvalue weighted by atomic mass is 9.63. The van der Waals surface area contributed by atoms with Crippen LogP contribution in [0.1, 0.15) is 119 Å². The molecule has 390 valence electrons. The number of carbonyl (C=O) groups is 2. The number of amides is 2. The van der Waals surface area contributed by atoms with Gasteiger partial charge in [0, 0.05) is 66.6 Å². The molecular formula is C53H65FN8O7S4. The fraction of sp³-hybridized carbons (Fsp3) is 0.585. The van der Waals surface area contributed by atoms with E-state index in [0.717, 1.165) is 37.3 Å². The molecule has 2 saturated heterocycles. The molecule has 0 spiro atoms. The quantitative estimate of drug-likeness (QED) is 0.118. The minimum absolute atomic E-state index is 0.00502. The third-order valence-corrected chi connectivity index (χ3v) is 22.1. The molecule has 4 aromatic rings. The molecule has 7 atom stereocenters. The van der Waals surface area contributed by atoms with Crippen molar-refractivity contribution in [2.24, 2.45) is 17.8 Å². The molecule has 0 radical (unpaired) electrons. The highest BCUT2D eigenvalue weighted by atomic mass is 32.2. The Morgan fingerprint density at radius 3 is 1.67 bits per heavy atom. The number of aliphatic hydroxyl groups is 1. The summed E-state index contributed by atoms with van der Waals surface area (Å²) in [4.78, 5) is 45.2. The van der Waals surface area contributed by atoms with Gasteiger partial charge in [0.15, 0.2) is 19.7 Å². The summed E-state index contributed by atoms with van der Waals surface area (Å²) in [6.45, 7) is 10.9. The summed E-state index contributed by atoms with van der Waals surface area (Å²) in [5.41, 5.74) is 2.09. The smallest absolute Gasteiger partial charge is 0.225 e. The highest BCUT2D eigenvalue weighted by molar-refractivity contribution is 7.91. The first-order chi connectivity index (χ1) is 34.5. The Balaban J connectivity index is 1.07. The van der Waals surface area contributed by atoms with Gasteiger partial charge < -0.3 is 25.5 Å². The number of carbonyl (C=O) groups excluding carboxylic acids is 2. The van der Waals surface area contributed by atoms with Crippen LogP contribution >= 0.6 is 22.7 Å². The maximum atomic E-state index is 15.3. The van der Waals surface area contributed by atoms with E-state index in [2.05, 4.69) is 46.4 Å². The molecule has 15 nitrogen and oxygen atoms in total. The molecule has 2 aromatic heterocycles. The molecule has 1 unspecified atom stereocenters. The molecule has 5 fully saturated rings. The molecule has 20 heteroatoms. The summed E-state index contributed by atoms with van der Waals surface area (Å²) in [6.07, 6.45) is 2.24. The number of hydrogen-bond donors (Lipinski definition) is 3. The van der Waals surface area contributed by atoms with Gasteiger partial charge in [0.05, 0.1) is 61.3 Å². The van der Waals surface area contributed by atoms with Crippen molar-refractivity contribution < 1.29 is 35.9 Å². The number of anilines is 2. The molecule has 9 rings (SSSR count). The Hall–Kier alpha value is -4.99. The lowest BCUT2D eigenvalue weighted by molar-refractivity contribution is -0.128. The average molecular weight is 1070 g/mol. The predicted molar refractivity (Wildman–Crippen MR) is 283 cm³/mol. The van der Waals surface area contributed by atoms with Crippen LogP contribution in [0.5, 0.6) is 0 Å². The van der Waals surface area contributed by atoms with Gasteiger partial charge >= 0.3 is 0 Å². The average Bonchev–Trinajstić information content (AvgIpc) is 3.73. The van der Waals surface area contributed by atoms with Gasteiger partial charge in [-0.1, -0.05) is 38.1 Å². The Morgan fingerprint density at radius 2 is 1.21 bits per heavy atom. The number of nitriles is 2. The standard InChI is InChI=1S/C53H65FN8O7S4/c1-32(30-55)57-47(63)42-29-36(54)11-17-40(42)43-45(33-6-12-37(13-7-33)61-20-24-72(66,67)25-21-61)70-49(58-43)51(2,3)35-10-16-39(41(28-35)48(64)60-53(31-56)18-19-53)44-46(71-50(59-44)52(4,5)65)34-8-14-38(15-9-34)62-22-26-73(68,69)27-23-62/h6-9,12-15,32,35-36,39-42,65H,10-11,16-29H2,1-5H3,(H,57,63)(H,60,64)/t32-,35?,36-,39+,40+,41+,42+/m0/s1. The molecule has 2 amide bonds. The maximum absolute atomic E-state index is 15.3. The van der Waals surface area contributed by atoms with Crippen LogP contribution in [0.15, 0.2) is 48.5 Å². The van der Waals surface area contributed by atoms with Crippen molar-refractivity contribution in [2.45, 2.75) is 127 Å². The fourth-order valence-corrected chi connectivity index (χ4v) is 16.0. The molecule has 5 aliphatic rings. The molecule has 73 heavy (non-hydrogen) atoms. The third-order valence-electron chi connectivity index (χ3n) is 16.0. The first kappa shape index (κ1) is 52.9. The summed E-state index contributed by atoms with van der Waals surface area (Å²) in [7, 11) is -6.15. The van der Waals surface area contributed by atoms with Gasteiger partial charge in [-0.25, -0.2) is 31.2 Å². The van der Waals surface area contributed by atoms with Gasteiger partial charge in [0.25, 0.3) is 0 Å². The monoisotopic (exact) mass is 1070 g/mol. The van der Waals surface area contributed by atoms with Crippen LogP contribution in [0.2, 0.25) is 0 Å². The van der Waals surface area contributed by atoms with Crippen LogP contribution in [0.4, 0.5) is 15.8 Å². The molecule has 3 saturated carbocycles. The summed E-state index contributed by atoms with van der Waals surface area (Å²) in [5.74, 6) is -2.56. The van der Waals surface area contributed by atoms with Crippen LogP contribution in [0.25, 0.3) is 20.9 Å². The number of rotatable bonds is 13. The van der Waals surface area contributed by atoms with E-state index in [1.165, 1.54) is 22.7 Å². The number of nitrogens with one attached hydrogen (secondary N) is 2. The number of aromatic nitrogens is 2. The van der Waals surface area contributed by atoms with E-state index in [4.69, 9.17) is 9.97 Å². The second kappa shape index (κ2) is 20.3. The van der Waals surface area contributed by atoms with Crippen molar-refractivity contribution in [1.82, 2.24) is 20.6 Å². The van der Waals surface area contributed by atoms with Gasteiger partial charge in [0.2, 0.25) is 11.8 Å². The Bertz CT molecular complexity index is 3020. The molecule has 3 N–H and O–H groups in total. The number of hydrogen-bond acceptors (Lipinski definition) is 15. The van der Waals surface area contributed by atoms with Crippen molar-refractivity contribution in [2.75, 3.05) is 59.0 Å². The number of halogens is 1. The zero-order chi connectivity index (χ0) is 52.3. The highest BCUT2D eigenvalue weighted by Crippen LogP contribution is 2.54. The summed E-state index contributed by atoms with van der Waals surface area (Å²) in [5, 5.41) is 38.4. The number of sulfone groups is 2. The molecular weight excluding hydrogens is 1010 g/mol. The van der Waals surface area contributed by atoms with E-state index in [1.54, 1.807) is 20.8 Å². The molecule has 4 heterocycles. The topological polar surface area (TPSA) is 227 Å². The highest BCUT2D eigenvalue weighted by Gasteiger charge is 2.50. The minimum Gasteiger partial charge on any atom is -0.383 e. The third kappa shape index (κ3) is 11.3. The van der Waals surface area contributed by atoms with Crippen molar-refractivity contribution in [3.05, 3.63) is 69.9 Å². The van der Waals surface area contributed by atoms with Crippen LogP contribution in [-0.4, -0.2) is 111 Å². The number of benzene rings is 2. The van der Waals surface area contributed by atoms with Crippen molar-refractivity contribution in [1.29, 1.82) is 10.5 Å². The van der Waals surface area contributed by atoms with Crippen molar-refractivity contribution in [3.8, 4) is 33.0 Å². The number of nitrogens with zero attached hydrogens (tertiary/aromatic N) is 6. The lowest BCUT2D eigenvalue weighted by Gasteiger charge is -2.42. The fourth-order valence-electron chi connectivity index (χ4n) is 11.1. The first-order valence-corrected chi connectivity index (χ1v) is 30.7. The summed E-state index contributed by atoms with van der Waals surface area (Å²) in [6, 6.07) is 19.5. The number of thiazole rings is 2. The summed E-state index contributed by atoms with van der Waals surface area (Å²) >= 11 is 2.92. The number of alkyl halides is 1. The largest absolute Gasteiger partial charge is 0.383 e. The van der Waals surface area contributed by atoms with E-state index in [1.807, 2.05) is 48.5 Å². The van der Waals surface area contributed by atoms with Gasteiger partial charge in [-0.05, 0) is 113 Å².